The van der Waals surface area contributed by atoms with Crippen LogP contribution in [0.2, 0.25) is 0 Å². The summed E-state index contributed by atoms with van der Waals surface area (Å²) in [5.41, 5.74) is 6.19. The van der Waals surface area contributed by atoms with Crippen molar-refractivity contribution in [3.63, 3.8) is 0 Å². The van der Waals surface area contributed by atoms with Crippen molar-refractivity contribution in [3.8, 4) is 11.3 Å². The second-order valence-corrected chi connectivity index (χ2v) is 5.66. The van der Waals surface area contributed by atoms with Crippen LogP contribution in [0.1, 0.15) is 16.7 Å². The molecule has 3 rings (SSSR count). The highest BCUT2D eigenvalue weighted by Gasteiger charge is 2.09. The van der Waals surface area contributed by atoms with Crippen LogP contribution in [0.5, 0.6) is 0 Å². The number of hydrogen-bond acceptors (Lipinski definition) is 2. The predicted octanol–water partition coefficient (Wildman–Crippen LogP) is 4.32. The lowest BCUT2D eigenvalue weighted by Crippen LogP contribution is -2.05. The Balaban J connectivity index is 1.81. The van der Waals surface area contributed by atoms with Gasteiger partial charge in [0.05, 0.1) is 11.9 Å². The van der Waals surface area contributed by atoms with Gasteiger partial charge in [-0.25, -0.2) is 4.98 Å². The van der Waals surface area contributed by atoms with Gasteiger partial charge in [0.1, 0.15) is 0 Å². The molecule has 1 N–H and O–H groups in total. The molecule has 0 radical (unpaired) electrons. The van der Waals surface area contributed by atoms with E-state index in [1.54, 1.807) is 0 Å². The van der Waals surface area contributed by atoms with E-state index in [0.717, 1.165) is 18.2 Å². The number of anilines is 1. The molecule has 0 spiro atoms. The van der Waals surface area contributed by atoms with Gasteiger partial charge in [0, 0.05) is 19.2 Å². The van der Waals surface area contributed by atoms with Crippen LogP contribution >= 0.6 is 0 Å². The average molecular weight is 291 g/mol. The summed E-state index contributed by atoms with van der Waals surface area (Å²) in [5, 5.41) is 3.40. The van der Waals surface area contributed by atoms with Crippen molar-refractivity contribution in [3.05, 3.63) is 71.4 Å². The van der Waals surface area contributed by atoms with E-state index in [4.69, 9.17) is 0 Å². The molecule has 0 unspecified atom stereocenters. The molecule has 3 heteroatoms. The molecular weight excluding hydrogens is 270 g/mol. The quantitative estimate of drug-likeness (QED) is 0.776. The third-order valence-corrected chi connectivity index (χ3v) is 4.08. The van der Waals surface area contributed by atoms with E-state index in [9.17, 15) is 0 Å². The van der Waals surface area contributed by atoms with Crippen LogP contribution in [0.25, 0.3) is 11.3 Å². The SMILES string of the molecule is Cc1ccc(-c2cnc(NCc3ccccc3)n2C)cc1C. The first-order chi connectivity index (χ1) is 10.6. The maximum atomic E-state index is 4.51. The highest BCUT2D eigenvalue weighted by molar-refractivity contribution is 5.63. The maximum Gasteiger partial charge on any atom is 0.203 e. The Bertz CT molecular complexity index is 773. The first-order valence-electron chi connectivity index (χ1n) is 7.52. The first-order valence-corrected chi connectivity index (χ1v) is 7.52. The summed E-state index contributed by atoms with van der Waals surface area (Å²) in [4.78, 5) is 4.51. The Morgan fingerprint density at radius 3 is 2.50 bits per heavy atom. The molecule has 0 aliphatic rings. The number of nitrogens with one attached hydrogen (secondary N) is 1. The molecule has 112 valence electrons. The molecule has 3 aromatic rings. The minimum absolute atomic E-state index is 0.776. The summed E-state index contributed by atoms with van der Waals surface area (Å²) in [6.07, 6.45) is 1.93. The van der Waals surface area contributed by atoms with Crippen molar-refractivity contribution in [1.29, 1.82) is 0 Å². The molecule has 3 nitrogen and oxygen atoms in total. The zero-order chi connectivity index (χ0) is 15.5. The van der Waals surface area contributed by atoms with Crippen LogP contribution in [0.4, 0.5) is 5.95 Å². The van der Waals surface area contributed by atoms with E-state index in [1.807, 2.05) is 19.3 Å². The summed E-state index contributed by atoms with van der Waals surface area (Å²) in [6, 6.07) is 16.9. The third kappa shape index (κ3) is 2.89. The normalized spacial score (nSPS) is 10.7. The summed E-state index contributed by atoms with van der Waals surface area (Å²) in [5.74, 6) is 0.886. The van der Waals surface area contributed by atoms with E-state index in [2.05, 4.69) is 71.2 Å². The smallest absolute Gasteiger partial charge is 0.203 e. The van der Waals surface area contributed by atoms with E-state index < -0.39 is 0 Å². The molecule has 0 fully saturated rings. The van der Waals surface area contributed by atoms with E-state index >= 15 is 0 Å². The van der Waals surface area contributed by atoms with Gasteiger partial charge in [-0.1, -0.05) is 42.5 Å². The van der Waals surface area contributed by atoms with Gasteiger partial charge < -0.3 is 9.88 Å². The number of nitrogens with zero attached hydrogens (tertiary/aromatic N) is 2. The van der Waals surface area contributed by atoms with E-state index in [-0.39, 0.29) is 0 Å². The number of hydrogen-bond donors (Lipinski definition) is 1. The Kier molecular flexibility index (Phi) is 3.96. The molecule has 0 bridgehead atoms. The van der Waals surface area contributed by atoms with Crippen LogP contribution in [-0.4, -0.2) is 9.55 Å². The van der Waals surface area contributed by atoms with Crippen LogP contribution < -0.4 is 5.32 Å². The van der Waals surface area contributed by atoms with Gasteiger partial charge in [0.25, 0.3) is 0 Å². The van der Waals surface area contributed by atoms with E-state index in [0.29, 0.717) is 0 Å². The van der Waals surface area contributed by atoms with Crippen molar-refractivity contribution in [2.45, 2.75) is 20.4 Å². The number of aromatic nitrogens is 2. The third-order valence-electron chi connectivity index (χ3n) is 4.08. The van der Waals surface area contributed by atoms with Gasteiger partial charge in [-0.2, -0.15) is 0 Å². The molecule has 0 atom stereocenters. The van der Waals surface area contributed by atoms with Crippen molar-refractivity contribution in [2.24, 2.45) is 7.05 Å². The molecule has 0 aliphatic heterocycles. The molecule has 1 aromatic heterocycles. The van der Waals surface area contributed by atoms with Gasteiger partial charge in [0.15, 0.2) is 0 Å². The predicted molar refractivity (Wildman–Crippen MR) is 91.9 cm³/mol. The Morgan fingerprint density at radius 2 is 1.77 bits per heavy atom. The number of rotatable bonds is 4. The zero-order valence-electron chi connectivity index (χ0n) is 13.3. The average Bonchev–Trinajstić information content (AvgIpc) is 2.90. The fraction of sp³-hybridized carbons (Fsp3) is 0.211. The Hall–Kier alpha value is -2.55. The van der Waals surface area contributed by atoms with Gasteiger partial charge in [-0.15, -0.1) is 0 Å². The molecule has 0 saturated carbocycles. The van der Waals surface area contributed by atoms with Crippen LogP contribution in [-0.2, 0) is 13.6 Å². The Labute approximate surface area is 131 Å². The van der Waals surface area contributed by atoms with Crippen LogP contribution in [0, 0.1) is 13.8 Å². The number of aryl methyl sites for hydroxylation is 2. The summed E-state index contributed by atoms with van der Waals surface area (Å²) in [7, 11) is 2.05. The second-order valence-electron chi connectivity index (χ2n) is 5.66. The topological polar surface area (TPSA) is 29.9 Å². The summed E-state index contributed by atoms with van der Waals surface area (Å²) >= 11 is 0. The highest BCUT2D eigenvalue weighted by Crippen LogP contribution is 2.24. The van der Waals surface area contributed by atoms with E-state index in [1.165, 1.54) is 22.3 Å². The van der Waals surface area contributed by atoms with Gasteiger partial charge in [0.2, 0.25) is 5.95 Å². The number of imidazole rings is 1. The van der Waals surface area contributed by atoms with Crippen LogP contribution in [0.15, 0.2) is 54.7 Å². The minimum atomic E-state index is 0.776. The highest BCUT2D eigenvalue weighted by atomic mass is 15.2. The summed E-state index contributed by atoms with van der Waals surface area (Å²) < 4.78 is 2.10. The lowest BCUT2D eigenvalue weighted by Gasteiger charge is -2.09. The standard InChI is InChI=1S/C19H21N3/c1-14-9-10-17(11-15(14)2)18-13-21-19(22(18)3)20-12-16-7-5-4-6-8-16/h4-11,13H,12H2,1-3H3,(H,20,21). The van der Waals surface area contributed by atoms with Crippen molar-refractivity contribution in [1.82, 2.24) is 9.55 Å². The molecule has 2 aromatic carbocycles. The van der Waals surface area contributed by atoms with Crippen LogP contribution in [0.3, 0.4) is 0 Å². The molecular formula is C19H21N3. The minimum Gasteiger partial charge on any atom is -0.352 e. The lowest BCUT2D eigenvalue weighted by atomic mass is 10.0. The maximum absolute atomic E-state index is 4.51. The van der Waals surface area contributed by atoms with Crippen molar-refractivity contribution in [2.75, 3.05) is 5.32 Å². The fourth-order valence-corrected chi connectivity index (χ4v) is 2.52. The zero-order valence-corrected chi connectivity index (χ0v) is 13.3. The fourth-order valence-electron chi connectivity index (χ4n) is 2.52. The Morgan fingerprint density at radius 1 is 1.00 bits per heavy atom. The van der Waals surface area contributed by atoms with Gasteiger partial charge >= 0.3 is 0 Å². The van der Waals surface area contributed by atoms with Crippen molar-refractivity contribution >= 4 is 5.95 Å². The lowest BCUT2D eigenvalue weighted by molar-refractivity contribution is 0.906. The largest absolute Gasteiger partial charge is 0.352 e. The van der Waals surface area contributed by atoms with Crippen molar-refractivity contribution < 1.29 is 0 Å². The second kappa shape index (κ2) is 6.06. The monoisotopic (exact) mass is 291 g/mol. The molecule has 0 saturated heterocycles. The van der Waals surface area contributed by atoms with Gasteiger partial charge in [-0.3, -0.25) is 0 Å². The molecule has 1 heterocycles. The molecule has 0 amide bonds. The number of benzene rings is 2. The molecule has 0 aliphatic carbocycles. The molecule has 22 heavy (non-hydrogen) atoms. The first kappa shape index (κ1) is 14.4. The summed E-state index contributed by atoms with van der Waals surface area (Å²) in [6.45, 7) is 5.05. The van der Waals surface area contributed by atoms with Gasteiger partial charge in [-0.05, 0) is 36.6 Å².